The minimum atomic E-state index is -1.30. The molecular weight excluding hydrogens is 472 g/mol. The first-order valence-electron chi connectivity index (χ1n) is 10.5. The zero-order valence-corrected chi connectivity index (χ0v) is 19.8. The molecule has 0 atom stereocenters. The predicted octanol–water partition coefficient (Wildman–Crippen LogP) is 4.94. The van der Waals surface area contributed by atoms with Crippen molar-refractivity contribution < 1.29 is 38.9 Å². The molecule has 2 N–H and O–H groups in total. The van der Waals surface area contributed by atoms with Crippen LogP contribution in [0.25, 0.3) is 0 Å². The Balaban J connectivity index is 1.81. The van der Waals surface area contributed by atoms with Crippen molar-refractivity contribution in [3.05, 3.63) is 94.0 Å². The van der Waals surface area contributed by atoms with Gasteiger partial charge in [0.05, 0.1) is 29.4 Å². The molecule has 35 heavy (non-hydrogen) atoms. The maximum Gasteiger partial charge on any atom is 0.339 e. The summed E-state index contributed by atoms with van der Waals surface area (Å²) in [6.45, 7) is 2.04. The molecule has 0 unspecified atom stereocenters. The number of esters is 2. The van der Waals surface area contributed by atoms with Gasteiger partial charge in [0, 0.05) is 9.79 Å². The number of ether oxygens (including phenoxy) is 2. The van der Waals surface area contributed by atoms with Crippen LogP contribution < -0.4 is 0 Å². The number of methoxy groups -OCH3 is 1. The normalized spacial score (nSPS) is 10.5. The Morgan fingerprint density at radius 3 is 1.80 bits per heavy atom. The molecule has 0 aliphatic heterocycles. The number of carbonyl (C=O) groups is 4. The Kier molecular flexibility index (Phi) is 8.27. The van der Waals surface area contributed by atoms with Crippen molar-refractivity contribution in [3.8, 4) is 0 Å². The van der Waals surface area contributed by atoms with E-state index in [-0.39, 0.29) is 28.9 Å². The van der Waals surface area contributed by atoms with Crippen LogP contribution in [-0.2, 0) is 22.5 Å². The molecule has 3 aromatic rings. The molecule has 0 aromatic heterocycles. The molecule has 0 saturated heterocycles. The zero-order chi connectivity index (χ0) is 25.5. The fourth-order valence-corrected chi connectivity index (χ4v) is 4.13. The summed E-state index contributed by atoms with van der Waals surface area (Å²) in [6, 6.07) is 15.9. The molecule has 0 aliphatic rings. The highest BCUT2D eigenvalue weighted by Crippen LogP contribution is 2.31. The van der Waals surface area contributed by atoms with E-state index in [9.17, 15) is 29.4 Å². The number of carboxylic acid groups (broad SMARTS) is 2. The van der Waals surface area contributed by atoms with E-state index in [2.05, 4.69) is 4.74 Å². The van der Waals surface area contributed by atoms with Gasteiger partial charge < -0.3 is 19.7 Å². The standard InChI is InChI=1S/C26H22O8S/c1-3-15-4-6-16(7-5-15)14-34-26(32)20-11-9-17(12-21(20)24(29)30)35-18-8-10-19(23(27)28)22(13-18)25(31)33-2/h4-13H,3,14H2,1-2H3,(H,27,28)(H,29,30). The number of benzene rings is 3. The van der Waals surface area contributed by atoms with Crippen molar-refractivity contribution in [1.82, 2.24) is 0 Å². The summed E-state index contributed by atoms with van der Waals surface area (Å²) in [7, 11) is 1.14. The Labute approximate surface area is 205 Å². The van der Waals surface area contributed by atoms with Gasteiger partial charge in [0.1, 0.15) is 6.61 Å². The first-order chi connectivity index (χ1) is 16.7. The van der Waals surface area contributed by atoms with Crippen molar-refractivity contribution in [3.63, 3.8) is 0 Å². The first-order valence-corrected chi connectivity index (χ1v) is 11.3. The fourth-order valence-electron chi connectivity index (χ4n) is 3.23. The first kappa shape index (κ1) is 25.5. The molecule has 0 amide bonds. The van der Waals surface area contributed by atoms with Crippen molar-refractivity contribution in [2.75, 3.05) is 7.11 Å². The lowest BCUT2D eigenvalue weighted by Gasteiger charge is -2.11. The number of hydrogen-bond donors (Lipinski definition) is 2. The highest BCUT2D eigenvalue weighted by atomic mass is 32.2. The molecule has 3 aromatic carbocycles. The predicted molar refractivity (Wildman–Crippen MR) is 127 cm³/mol. The Morgan fingerprint density at radius 2 is 1.26 bits per heavy atom. The van der Waals surface area contributed by atoms with E-state index in [4.69, 9.17) is 4.74 Å². The van der Waals surface area contributed by atoms with Crippen LogP contribution in [-0.4, -0.2) is 41.2 Å². The van der Waals surface area contributed by atoms with E-state index in [0.717, 1.165) is 36.4 Å². The highest BCUT2D eigenvalue weighted by molar-refractivity contribution is 7.99. The van der Waals surface area contributed by atoms with Crippen LogP contribution in [0, 0.1) is 0 Å². The molecule has 0 saturated carbocycles. The summed E-state index contributed by atoms with van der Waals surface area (Å²) in [4.78, 5) is 48.7. The minimum absolute atomic E-state index is 0.00458. The largest absolute Gasteiger partial charge is 0.478 e. The molecule has 9 heteroatoms. The summed E-state index contributed by atoms with van der Waals surface area (Å²) in [6.07, 6.45) is 0.889. The number of hydrogen-bond acceptors (Lipinski definition) is 7. The zero-order valence-electron chi connectivity index (χ0n) is 18.9. The highest BCUT2D eigenvalue weighted by Gasteiger charge is 2.21. The number of rotatable bonds is 9. The van der Waals surface area contributed by atoms with Crippen molar-refractivity contribution >= 4 is 35.6 Å². The van der Waals surface area contributed by atoms with E-state index in [1.165, 1.54) is 30.3 Å². The molecule has 3 rings (SSSR count). The maximum absolute atomic E-state index is 12.6. The quantitative estimate of drug-likeness (QED) is 0.398. The van der Waals surface area contributed by atoms with Crippen molar-refractivity contribution in [2.45, 2.75) is 29.7 Å². The van der Waals surface area contributed by atoms with Gasteiger partial charge in [0.25, 0.3) is 0 Å². The van der Waals surface area contributed by atoms with Gasteiger partial charge in [-0.05, 0) is 53.9 Å². The lowest BCUT2D eigenvalue weighted by Crippen LogP contribution is -2.12. The second kappa shape index (κ2) is 11.3. The summed E-state index contributed by atoms with van der Waals surface area (Å²) in [5.41, 5.74) is 1.26. The SMILES string of the molecule is CCc1ccc(COC(=O)c2ccc(Sc3ccc(C(=O)O)c(C(=O)OC)c3)cc2C(=O)O)cc1. The molecule has 0 fully saturated rings. The van der Waals surface area contributed by atoms with Crippen LogP contribution in [0.15, 0.2) is 70.5 Å². The lowest BCUT2D eigenvalue weighted by atomic mass is 10.1. The van der Waals surface area contributed by atoms with E-state index in [1.54, 1.807) is 6.07 Å². The Hall–Kier alpha value is -4.11. The Bertz CT molecular complexity index is 1280. The van der Waals surface area contributed by atoms with Gasteiger partial charge in [-0.15, -0.1) is 0 Å². The second-order valence-electron chi connectivity index (χ2n) is 7.36. The number of carbonyl (C=O) groups excluding carboxylic acids is 2. The third kappa shape index (κ3) is 6.27. The number of aromatic carboxylic acids is 2. The molecular formula is C26H22O8S. The lowest BCUT2D eigenvalue weighted by molar-refractivity contribution is 0.0463. The van der Waals surface area contributed by atoms with Gasteiger partial charge in [0.2, 0.25) is 0 Å². The van der Waals surface area contributed by atoms with Crippen LogP contribution in [0.4, 0.5) is 0 Å². The molecule has 0 bridgehead atoms. The number of carboxylic acids is 2. The van der Waals surface area contributed by atoms with Crippen LogP contribution in [0.2, 0.25) is 0 Å². The number of aryl methyl sites for hydroxylation is 1. The van der Waals surface area contributed by atoms with Crippen LogP contribution in [0.5, 0.6) is 0 Å². The Morgan fingerprint density at radius 1 is 0.714 bits per heavy atom. The van der Waals surface area contributed by atoms with Gasteiger partial charge in [-0.25, -0.2) is 19.2 Å². The third-order valence-corrected chi connectivity index (χ3v) is 6.08. The van der Waals surface area contributed by atoms with E-state index in [0.29, 0.717) is 9.79 Å². The van der Waals surface area contributed by atoms with Gasteiger partial charge in [-0.1, -0.05) is 43.0 Å². The molecule has 8 nitrogen and oxygen atoms in total. The van der Waals surface area contributed by atoms with Crippen molar-refractivity contribution in [1.29, 1.82) is 0 Å². The summed E-state index contributed by atoms with van der Waals surface area (Å²) < 4.78 is 9.96. The average molecular weight is 495 g/mol. The van der Waals surface area contributed by atoms with Crippen LogP contribution in [0.3, 0.4) is 0 Å². The summed E-state index contributed by atoms with van der Waals surface area (Å²) in [5, 5.41) is 18.9. The van der Waals surface area contributed by atoms with Crippen molar-refractivity contribution in [2.24, 2.45) is 0 Å². The van der Waals surface area contributed by atoms with Gasteiger partial charge in [-0.2, -0.15) is 0 Å². The molecule has 180 valence electrons. The smallest absolute Gasteiger partial charge is 0.339 e. The van der Waals surface area contributed by atoms with E-state index >= 15 is 0 Å². The van der Waals surface area contributed by atoms with E-state index in [1.807, 2.05) is 31.2 Å². The van der Waals surface area contributed by atoms with E-state index < -0.39 is 23.9 Å². The summed E-state index contributed by atoms with van der Waals surface area (Å²) >= 11 is 1.10. The topological polar surface area (TPSA) is 127 Å². The molecule has 0 aliphatic carbocycles. The minimum Gasteiger partial charge on any atom is -0.478 e. The fraction of sp³-hybridized carbons (Fsp3) is 0.154. The molecule has 0 heterocycles. The van der Waals surface area contributed by atoms with Gasteiger partial charge in [0.15, 0.2) is 0 Å². The van der Waals surface area contributed by atoms with Crippen LogP contribution >= 0.6 is 11.8 Å². The molecule has 0 radical (unpaired) electrons. The van der Waals surface area contributed by atoms with Crippen LogP contribution in [0.1, 0.15) is 59.5 Å². The summed E-state index contributed by atoms with van der Waals surface area (Å²) in [5.74, 6) is -4.15. The third-order valence-electron chi connectivity index (χ3n) is 5.10. The maximum atomic E-state index is 12.6. The monoisotopic (exact) mass is 494 g/mol. The van der Waals surface area contributed by atoms with Gasteiger partial charge >= 0.3 is 23.9 Å². The van der Waals surface area contributed by atoms with Gasteiger partial charge in [-0.3, -0.25) is 0 Å². The average Bonchev–Trinajstić information content (AvgIpc) is 2.86. The molecule has 0 spiro atoms. The second-order valence-corrected chi connectivity index (χ2v) is 8.51.